The van der Waals surface area contributed by atoms with Gasteiger partial charge in [-0.15, -0.1) is 0 Å². The Hall–Kier alpha value is -0.610. The summed E-state index contributed by atoms with van der Waals surface area (Å²) < 4.78 is 0. The van der Waals surface area contributed by atoms with Crippen molar-refractivity contribution in [1.82, 2.24) is 15.5 Å². The second kappa shape index (κ2) is 6.97. The van der Waals surface area contributed by atoms with Crippen LogP contribution in [0.15, 0.2) is 0 Å². The van der Waals surface area contributed by atoms with Gasteiger partial charge in [0.1, 0.15) is 0 Å². The molecule has 0 bridgehead atoms. The second-order valence-electron chi connectivity index (χ2n) is 5.38. The molecule has 1 aliphatic heterocycles. The number of carbonyl (C=O) groups is 1. The molecule has 4 heteroatoms. The SMILES string of the molecule is CCCN(CC(=O)NC(C)C(C)C)C1CNC1. The quantitative estimate of drug-likeness (QED) is 0.694. The van der Waals surface area contributed by atoms with E-state index in [0.29, 0.717) is 18.5 Å². The van der Waals surface area contributed by atoms with Crippen LogP contribution >= 0.6 is 0 Å². The molecule has 2 N–H and O–H groups in total. The van der Waals surface area contributed by atoms with Gasteiger partial charge in [-0.2, -0.15) is 0 Å². The first-order valence-electron chi connectivity index (χ1n) is 6.78. The van der Waals surface area contributed by atoms with Gasteiger partial charge < -0.3 is 10.6 Å². The highest BCUT2D eigenvalue weighted by atomic mass is 16.2. The van der Waals surface area contributed by atoms with Crippen molar-refractivity contribution in [1.29, 1.82) is 0 Å². The van der Waals surface area contributed by atoms with Gasteiger partial charge in [0, 0.05) is 25.2 Å². The van der Waals surface area contributed by atoms with Gasteiger partial charge in [-0.05, 0) is 25.8 Å². The highest BCUT2D eigenvalue weighted by molar-refractivity contribution is 5.78. The van der Waals surface area contributed by atoms with Crippen molar-refractivity contribution < 1.29 is 4.79 Å². The minimum atomic E-state index is 0.159. The third kappa shape index (κ3) is 4.64. The molecular weight excluding hydrogens is 214 g/mol. The van der Waals surface area contributed by atoms with E-state index in [2.05, 4.69) is 43.2 Å². The van der Waals surface area contributed by atoms with Crippen molar-refractivity contribution in [2.45, 2.75) is 46.2 Å². The maximum Gasteiger partial charge on any atom is 0.234 e. The maximum atomic E-state index is 11.9. The maximum absolute atomic E-state index is 11.9. The Labute approximate surface area is 105 Å². The van der Waals surface area contributed by atoms with Crippen LogP contribution in [-0.2, 0) is 4.79 Å². The first kappa shape index (κ1) is 14.5. The number of hydrogen-bond donors (Lipinski definition) is 2. The molecule has 1 heterocycles. The van der Waals surface area contributed by atoms with Crippen LogP contribution in [0.25, 0.3) is 0 Å². The van der Waals surface area contributed by atoms with Gasteiger partial charge in [-0.3, -0.25) is 9.69 Å². The lowest BCUT2D eigenvalue weighted by Crippen LogP contribution is -2.59. The van der Waals surface area contributed by atoms with Crippen molar-refractivity contribution in [3.05, 3.63) is 0 Å². The molecule has 100 valence electrons. The average Bonchev–Trinajstić information content (AvgIpc) is 2.14. The van der Waals surface area contributed by atoms with E-state index in [4.69, 9.17) is 0 Å². The zero-order chi connectivity index (χ0) is 12.8. The van der Waals surface area contributed by atoms with Gasteiger partial charge in [0.25, 0.3) is 0 Å². The van der Waals surface area contributed by atoms with E-state index in [1.54, 1.807) is 0 Å². The second-order valence-corrected chi connectivity index (χ2v) is 5.38. The molecule has 0 radical (unpaired) electrons. The lowest BCUT2D eigenvalue weighted by atomic mass is 10.1. The van der Waals surface area contributed by atoms with E-state index < -0.39 is 0 Å². The fourth-order valence-corrected chi connectivity index (χ4v) is 1.86. The fourth-order valence-electron chi connectivity index (χ4n) is 1.86. The third-order valence-electron chi connectivity index (χ3n) is 3.52. The summed E-state index contributed by atoms with van der Waals surface area (Å²) in [4.78, 5) is 14.2. The molecule has 0 aliphatic carbocycles. The standard InChI is InChI=1S/C13H27N3O/c1-5-6-16(12-7-14-8-12)9-13(17)15-11(4)10(2)3/h10-12,14H,5-9H2,1-4H3,(H,15,17). The normalized spacial score (nSPS) is 18.2. The van der Waals surface area contributed by atoms with Crippen LogP contribution in [0.3, 0.4) is 0 Å². The zero-order valence-electron chi connectivity index (χ0n) is 11.6. The molecule has 0 aromatic carbocycles. The van der Waals surface area contributed by atoms with Gasteiger partial charge in [-0.25, -0.2) is 0 Å². The number of nitrogens with one attached hydrogen (secondary N) is 2. The van der Waals surface area contributed by atoms with Gasteiger partial charge in [0.05, 0.1) is 6.54 Å². The molecule has 1 unspecified atom stereocenters. The van der Waals surface area contributed by atoms with Crippen molar-refractivity contribution >= 4 is 5.91 Å². The van der Waals surface area contributed by atoms with Crippen molar-refractivity contribution in [3.63, 3.8) is 0 Å². The van der Waals surface area contributed by atoms with Crippen molar-refractivity contribution in [2.24, 2.45) is 5.92 Å². The molecule has 1 amide bonds. The van der Waals surface area contributed by atoms with Crippen molar-refractivity contribution in [2.75, 3.05) is 26.2 Å². The monoisotopic (exact) mass is 241 g/mol. The molecule has 0 aromatic rings. The predicted octanol–water partition coefficient (Wildman–Crippen LogP) is 0.831. The van der Waals surface area contributed by atoms with Gasteiger partial charge in [0.15, 0.2) is 0 Å². The summed E-state index contributed by atoms with van der Waals surface area (Å²) in [7, 11) is 0. The average molecular weight is 241 g/mol. The van der Waals surface area contributed by atoms with Gasteiger partial charge in [0.2, 0.25) is 5.91 Å². The molecular formula is C13H27N3O. The van der Waals surface area contributed by atoms with Crippen LogP contribution in [0.5, 0.6) is 0 Å². The summed E-state index contributed by atoms with van der Waals surface area (Å²) in [6.45, 7) is 12.1. The largest absolute Gasteiger partial charge is 0.352 e. The number of hydrogen-bond acceptors (Lipinski definition) is 3. The molecule has 1 saturated heterocycles. The van der Waals surface area contributed by atoms with Crippen molar-refractivity contribution in [3.8, 4) is 0 Å². The molecule has 1 fully saturated rings. The van der Waals surface area contributed by atoms with Crippen LogP contribution < -0.4 is 10.6 Å². The first-order chi connectivity index (χ1) is 8.04. The lowest BCUT2D eigenvalue weighted by Gasteiger charge is -2.38. The van der Waals surface area contributed by atoms with E-state index in [1.807, 2.05) is 0 Å². The molecule has 1 aliphatic rings. The van der Waals surface area contributed by atoms with Crippen LogP contribution in [-0.4, -0.2) is 49.1 Å². The number of carbonyl (C=O) groups excluding carboxylic acids is 1. The van der Waals surface area contributed by atoms with Crippen LogP contribution in [0.4, 0.5) is 0 Å². The van der Waals surface area contributed by atoms with E-state index in [0.717, 1.165) is 26.1 Å². The summed E-state index contributed by atoms with van der Waals surface area (Å²) in [6, 6.07) is 0.806. The summed E-state index contributed by atoms with van der Waals surface area (Å²) in [6.07, 6.45) is 1.10. The van der Waals surface area contributed by atoms with Gasteiger partial charge in [-0.1, -0.05) is 20.8 Å². The third-order valence-corrected chi connectivity index (χ3v) is 3.52. The highest BCUT2D eigenvalue weighted by Crippen LogP contribution is 2.06. The molecule has 17 heavy (non-hydrogen) atoms. The minimum absolute atomic E-state index is 0.159. The predicted molar refractivity (Wildman–Crippen MR) is 71.0 cm³/mol. The molecule has 4 nitrogen and oxygen atoms in total. The van der Waals surface area contributed by atoms with Gasteiger partial charge >= 0.3 is 0 Å². The number of rotatable bonds is 7. The molecule has 0 saturated carbocycles. The Morgan fingerprint density at radius 3 is 2.47 bits per heavy atom. The Morgan fingerprint density at radius 2 is 2.06 bits per heavy atom. The Bertz CT molecular complexity index is 239. The Morgan fingerprint density at radius 1 is 1.41 bits per heavy atom. The smallest absolute Gasteiger partial charge is 0.234 e. The minimum Gasteiger partial charge on any atom is -0.352 e. The van der Waals surface area contributed by atoms with Crippen LogP contribution in [0.2, 0.25) is 0 Å². The lowest BCUT2D eigenvalue weighted by molar-refractivity contribution is -0.124. The summed E-state index contributed by atoms with van der Waals surface area (Å²) in [5.41, 5.74) is 0. The Kier molecular flexibility index (Phi) is 5.92. The Balaban J connectivity index is 2.35. The topological polar surface area (TPSA) is 44.4 Å². The number of nitrogens with zero attached hydrogens (tertiary/aromatic N) is 1. The summed E-state index contributed by atoms with van der Waals surface area (Å²) in [5, 5.41) is 6.33. The zero-order valence-corrected chi connectivity index (χ0v) is 11.6. The summed E-state index contributed by atoms with van der Waals surface area (Å²) >= 11 is 0. The number of amides is 1. The van der Waals surface area contributed by atoms with E-state index in [9.17, 15) is 4.79 Å². The highest BCUT2D eigenvalue weighted by Gasteiger charge is 2.25. The molecule has 0 spiro atoms. The first-order valence-corrected chi connectivity index (χ1v) is 6.78. The fraction of sp³-hybridized carbons (Fsp3) is 0.923. The van der Waals surface area contributed by atoms with E-state index in [-0.39, 0.29) is 11.9 Å². The van der Waals surface area contributed by atoms with Crippen LogP contribution in [0.1, 0.15) is 34.1 Å². The molecule has 1 rings (SSSR count). The molecule has 1 atom stereocenters. The van der Waals surface area contributed by atoms with E-state index in [1.165, 1.54) is 0 Å². The van der Waals surface area contributed by atoms with Crippen LogP contribution in [0, 0.1) is 5.92 Å². The summed E-state index contributed by atoms with van der Waals surface area (Å²) in [5.74, 6) is 0.649. The molecule has 0 aromatic heterocycles. The van der Waals surface area contributed by atoms with E-state index >= 15 is 0 Å².